The molecule has 5 nitrogen and oxygen atoms in total. The summed E-state index contributed by atoms with van der Waals surface area (Å²) in [5.41, 5.74) is 2.25. The Hall–Kier alpha value is -1.91. The highest BCUT2D eigenvalue weighted by Gasteiger charge is 2.26. The van der Waals surface area contributed by atoms with Crippen LogP contribution in [0.2, 0.25) is 0 Å². The predicted octanol–water partition coefficient (Wildman–Crippen LogP) is 3.23. The van der Waals surface area contributed by atoms with Gasteiger partial charge in [-0.1, -0.05) is 13.8 Å². The molecule has 1 saturated carbocycles. The monoisotopic (exact) mass is 285 g/mol. The van der Waals surface area contributed by atoms with Crippen LogP contribution in [-0.2, 0) is 6.42 Å². The minimum atomic E-state index is 0.664. The van der Waals surface area contributed by atoms with Gasteiger partial charge in [0, 0.05) is 30.6 Å². The van der Waals surface area contributed by atoms with Gasteiger partial charge in [0.2, 0.25) is 0 Å². The van der Waals surface area contributed by atoms with E-state index in [0.29, 0.717) is 5.92 Å². The van der Waals surface area contributed by atoms with Gasteiger partial charge in [-0.25, -0.2) is 14.6 Å². The highest BCUT2D eigenvalue weighted by atomic mass is 15.3. The van der Waals surface area contributed by atoms with Crippen LogP contribution in [0, 0.1) is 6.92 Å². The molecule has 0 aromatic carbocycles. The largest absolute Gasteiger partial charge is 0.370 e. The fourth-order valence-corrected chi connectivity index (χ4v) is 2.40. The van der Waals surface area contributed by atoms with Crippen molar-refractivity contribution in [1.29, 1.82) is 0 Å². The van der Waals surface area contributed by atoms with Crippen LogP contribution in [0.5, 0.6) is 0 Å². The van der Waals surface area contributed by atoms with Gasteiger partial charge < -0.3 is 5.32 Å². The molecule has 1 aliphatic carbocycles. The third-order valence-corrected chi connectivity index (χ3v) is 3.85. The molecule has 2 aromatic rings. The summed E-state index contributed by atoms with van der Waals surface area (Å²) in [5, 5.41) is 8.10. The van der Waals surface area contributed by atoms with E-state index >= 15 is 0 Å². The van der Waals surface area contributed by atoms with Crippen molar-refractivity contribution in [2.75, 3.05) is 11.9 Å². The first-order valence-electron chi connectivity index (χ1n) is 7.90. The zero-order valence-corrected chi connectivity index (χ0v) is 13.1. The summed E-state index contributed by atoms with van der Waals surface area (Å²) in [7, 11) is 0. The van der Waals surface area contributed by atoms with Crippen molar-refractivity contribution in [1.82, 2.24) is 19.7 Å². The second kappa shape index (κ2) is 5.84. The van der Waals surface area contributed by atoms with E-state index in [-0.39, 0.29) is 0 Å². The highest BCUT2D eigenvalue weighted by molar-refractivity contribution is 5.51. The molecule has 3 rings (SSSR count). The van der Waals surface area contributed by atoms with Gasteiger partial charge in [0.25, 0.3) is 0 Å². The van der Waals surface area contributed by atoms with E-state index in [2.05, 4.69) is 42.1 Å². The van der Waals surface area contributed by atoms with Crippen molar-refractivity contribution in [3.8, 4) is 5.82 Å². The lowest BCUT2D eigenvalue weighted by Gasteiger charge is -2.13. The first-order valence-corrected chi connectivity index (χ1v) is 7.90. The Bertz CT molecular complexity index is 628. The molecule has 0 saturated heterocycles. The molecule has 1 aliphatic rings. The zero-order chi connectivity index (χ0) is 14.8. The maximum atomic E-state index is 4.70. The maximum Gasteiger partial charge on any atom is 0.162 e. The normalized spacial score (nSPS) is 14.4. The number of nitrogens with zero attached hydrogens (tertiary/aromatic N) is 4. The fraction of sp³-hybridized carbons (Fsp3) is 0.562. The quantitative estimate of drug-likeness (QED) is 0.885. The Balaban J connectivity index is 1.98. The second-order valence-corrected chi connectivity index (χ2v) is 5.68. The average molecular weight is 285 g/mol. The Kier molecular flexibility index (Phi) is 3.90. The van der Waals surface area contributed by atoms with Crippen molar-refractivity contribution in [2.24, 2.45) is 0 Å². The third kappa shape index (κ3) is 2.91. The van der Waals surface area contributed by atoms with Crippen molar-refractivity contribution in [3.63, 3.8) is 0 Å². The number of aryl methyl sites for hydroxylation is 1. The van der Waals surface area contributed by atoms with Crippen LogP contribution in [0.4, 0.5) is 5.82 Å². The molecular formula is C16H23N5. The van der Waals surface area contributed by atoms with E-state index in [1.54, 1.807) is 0 Å². The van der Waals surface area contributed by atoms with Crippen molar-refractivity contribution >= 4 is 5.82 Å². The van der Waals surface area contributed by atoms with Gasteiger partial charge in [-0.05, 0) is 32.3 Å². The first-order chi connectivity index (χ1) is 10.2. The van der Waals surface area contributed by atoms with Crippen molar-refractivity contribution < 1.29 is 0 Å². The van der Waals surface area contributed by atoms with Crippen LogP contribution >= 0.6 is 0 Å². The van der Waals surface area contributed by atoms with Crippen LogP contribution in [0.3, 0.4) is 0 Å². The van der Waals surface area contributed by atoms with E-state index in [0.717, 1.165) is 42.4 Å². The number of nitrogens with one attached hydrogen (secondary N) is 1. The highest BCUT2D eigenvalue weighted by Crippen LogP contribution is 2.39. The SMILES string of the molecule is CCCNc1nc(CC)nc(-n2ccc(C3CC3)n2)c1C. The molecule has 2 aromatic heterocycles. The molecule has 2 heterocycles. The molecule has 21 heavy (non-hydrogen) atoms. The van der Waals surface area contributed by atoms with Crippen LogP contribution in [-0.4, -0.2) is 26.3 Å². The van der Waals surface area contributed by atoms with Crippen LogP contribution in [0.15, 0.2) is 12.3 Å². The number of hydrogen-bond donors (Lipinski definition) is 1. The summed E-state index contributed by atoms with van der Waals surface area (Å²) in [4.78, 5) is 9.28. The van der Waals surface area contributed by atoms with Gasteiger partial charge in [-0.15, -0.1) is 0 Å². The minimum absolute atomic E-state index is 0.664. The number of hydrogen-bond acceptors (Lipinski definition) is 4. The fourth-order valence-electron chi connectivity index (χ4n) is 2.40. The Labute approximate surface area is 125 Å². The van der Waals surface area contributed by atoms with E-state index in [1.807, 2.05) is 10.9 Å². The molecule has 1 fully saturated rings. The van der Waals surface area contributed by atoms with Gasteiger partial charge in [0.05, 0.1) is 5.69 Å². The van der Waals surface area contributed by atoms with E-state index in [9.17, 15) is 0 Å². The molecule has 0 bridgehead atoms. The summed E-state index contributed by atoms with van der Waals surface area (Å²) < 4.78 is 1.90. The molecule has 0 radical (unpaired) electrons. The van der Waals surface area contributed by atoms with Gasteiger partial charge in [0.1, 0.15) is 11.6 Å². The molecule has 0 aliphatic heterocycles. The summed E-state index contributed by atoms with van der Waals surface area (Å²) in [6, 6.07) is 2.12. The third-order valence-electron chi connectivity index (χ3n) is 3.85. The lowest BCUT2D eigenvalue weighted by atomic mass is 10.3. The second-order valence-electron chi connectivity index (χ2n) is 5.68. The van der Waals surface area contributed by atoms with Crippen molar-refractivity contribution in [2.45, 2.75) is 52.4 Å². The van der Waals surface area contributed by atoms with E-state index < -0.39 is 0 Å². The van der Waals surface area contributed by atoms with Gasteiger partial charge in [0.15, 0.2) is 5.82 Å². The van der Waals surface area contributed by atoms with Crippen LogP contribution in [0.25, 0.3) is 5.82 Å². The number of anilines is 1. The van der Waals surface area contributed by atoms with E-state index in [1.165, 1.54) is 18.5 Å². The van der Waals surface area contributed by atoms with Gasteiger partial charge in [-0.3, -0.25) is 0 Å². The summed E-state index contributed by atoms with van der Waals surface area (Å²) in [5.74, 6) is 3.35. The van der Waals surface area contributed by atoms with Crippen LogP contribution < -0.4 is 5.32 Å². The van der Waals surface area contributed by atoms with Crippen LogP contribution in [0.1, 0.15) is 56.1 Å². The summed E-state index contributed by atoms with van der Waals surface area (Å²) >= 11 is 0. The topological polar surface area (TPSA) is 55.6 Å². The van der Waals surface area contributed by atoms with Gasteiger partial charge >= 0.3 is 0 Å². The molecule has 112 valence electrons. The average Bonchev–Trinajstić information content (AvgIpc) is 3.24. The summed E-state index contributed by atoms with van der Waals surface area (Å²) in [6.07, 6.45) is 6.46. The zero-order valence-electron chi connectivity index (χ0n) is 13.1. The Morgan fingerprint density at radius 1 is 1.29 bits per heavy atom. The van der Waals surface area contributed by atoms with Crippen molar-refractivity contribution in [3.05, 3.63) is 29.3 Å². The van der Waals surface area contributed by atoms with Gasteiger partial charge in [-0.2, -0.15) is 5.10 Å². The molecular weight excluding hydrogens is 262 g/mol. The molecule has 0 unspecified atom stereocenters. The first kappa shape index (κ1) is 14.0. The number of rotatable bonds is 6. The lowest BCUT2D eigenvalue weighted by Crippen LogP contribution is -2.12. The number of aromatic nitrogens is 4. The predicted molar refractivity (Wildman–Crippen MR) is 84.0 cm³/mol. The minimum Gasteiger partial charge on any atom is -0.370 e. The Morgan fingerprint density at radius 3 is 2.76 bits per heavy atom. The smallest absolute Gasteiger partial charge is 0.162 e. The summed E-state index contributed by atoms with van der Waals surface area (Å²) in [6.45, 7) is 7.22. The maximum absolute atomic E-state index is 4.70. The Morgan fingerprint density at radius 2 is 2.10 bits per heavy atom. The molecule has 0 spiro atoms. The molecule has 5 heteroatoms. The van der Waals surface area contributed by atoms with E-state index in [4.69, 9.17) is 5.10 Å². The standard InChI is InChI=1S/C16H23N5/c1-4-9-17-15-11(3)16(19-14(5-2)18-15)21-10-8-13(20-21)12-6-7-12/h8,10,12H,4-7,9H2,1-3H3,(H,17,18,19). The molecule has 1 N–H and O–H groups in total. The molecule has 0 amide bonds. The molecule has 0 atom stereocenters. The lowest BCUT2D eigenvalue weighted by molar-refractivity contribution is 0.781.